The number of aromatic nitrogens is 2. The van der Waals surface area contributed by atoms with Crippen LogP contribution in [0.15, 0.2) is 84.5 Å². The number of ether oxygens (including phenoxy) is 1. The van der Waals surface area contributed by atoms with E-state index in [1.807, 2.05) is 35.5 Å². The molecule has 0 aliphatic rings. The Labute approximate surface area is 234 Å². The molecule has 5 nitrogen and oxygen atoms in total. The summed E-state index contributed by atoms with van der Waals surface area (Å²) in [5, 5.41) is 4.94. The van der Waals surface area contributed by atoms with Crippen LogP contribution >= 0.6 is 11.3 Å². The Balaban J connectivity index is 1.49. The summed E-state index contributed by atoms with van der Waals surface area (Å²) in [6, 6.07) is 22.8. The predicted molar refractivity (Wildman–Crippen MR) is 161 cm³/mol. The maximum atomic E-state index is 13.7. The zero-order valence-electron chi connectivity index (χ0n) is 23.1. The number of methoxy groups -OCH3 is 1. The first-order valence-corrected chi connectivity index (χ1v) is 13.9. The number of carbonyl (C=O) groups excluding carboxylic acids is 1. The highest BCUT2D eigenvalue weighted by Gasteiger charge is 2.25. The molecule has 0 spiro atoms. The van der Waals surface area contributed by atoms with Gasteiger partial charge in [0.2, 0.25) is 5.91 Å². The van der Waals surface area contributed by atoms with E-state index in [0.717, 1.165) is 49.3 Å². The molecule has 0 radical (unpaired) electrons. The number of hydrogen-bond acceptors (Lipinski definition) is 5. The molecule has 2 aromatic heterocycles. The van der Waals surface area contributed by atoms with Gasteiger partial charge in [-0.05, 0) is 70.3 Å². The van der Waals surface area contributed by atoms with Crippen LogP contribution in [-0.2, 0) is 11.3 Å². The molecule has 5 aromatic rings. The minimum Gasteiger partial charge on any atom is -0.496 e. The van der Waals surface area contributed by atoms with Gasteiger partial charge >= 0.3 is 0 Å². The van der Waals surface area contributed by atoms with Crippen LogP contribution in [0, 0.1) is 12.3 Å². The molecular formula is C33H33N3O2S. The van der Waals surface area contributed by atoms with E-state index in [4.69, 9.17) is 9.72 Å². The Morgan fingerprint density at radius 2 is 1.64 bits per heavy atom. The van der Waals surface area contributed by atoms with Crippen molar-refractivity contribution in [3.63, 3.8) is 0 Å². The summed E-state index contributed by atoms with van der Waals surface area (Å²) in [5.41, 5.74) is 5.31. The van der Waals surface area contributed by atoms with Gasteiger partial charge < -0.3 is 4.74 Å². The molecule has 0 bridgehead atoms. The summed E-state index contributed by atoms with van der Waals surface area (Å²) in [7, 11) is 1.69. The molecule has 0 saturated heterocycles. The van der Waals surface area contributed by atoms with Gasteiger partial charge in [0.25, 0.3) is 0 Å². The lowest BCUT2D eigenvalue weighted by atomic mass is 9.91. The van der Waals surface area contributed by atoms with Crippen LogP contribution in [0.1, 0.15) is 38.3 Å². The molecule has 0 atom stereocenters. The number of amides is 1. The fraction of sp³-hybridized carbons (Fsp3) is 0.242. The Morgan fingerprint density at radius 1 is 0.897 bits per heavy atom. The van der Waals surface area contributed by atoms with E-state index in [1.54, 1.807) is 24.6 Å². The van der Waals surface area contributed by atoms with E-state index in [0.29, 0.717) is 18.8 Å². The van der Waals surface area contributed by atoms with Gasteiger partial charge in [-0.15, -0.1) is 11.3 Å². The monoisotopic (exact) mass is 535 g/mol. The number of nitrogens with zero attached hydrogens (tertiary/aromatic N) is 3. The van der Waals surface area contributed by atoms with Gasteiger partial charge in [0.15, 0.2) is 0 Å². The number of aryl methyl sites for hydroxylation is 1. The third-order valence-corrected chi connectivity index (χ3v) is 7.51. The second kappa shape index (κ2) is 11.0. The maximum Gasteiger partial charge on any atom is 0.229 e. The zero-order valence-corrected chi connectivity index (χ0v) is 23.9. The fourth-order valence-electron chi connectivity index (χ4n) is 4.75. The van der Waals surface area contributed by atoms with Crippen LogP contribution in [0.2, 0.25) is 0 Å². The lowest BCUT2D eigenvalue weighted by Gasteiger charge is -2.27. The summed E-state index contributed by atoms with van der Waals surface area (Å²) in [4.78, 5) is 24.7. The van der Waals surface area contributed by atoms with Crippen LogP contribution in [0.5, 0.6) is 5.75 Å². The number of rotatable bonds is 7. The van der Waals surface area contributed by atoms with Crippen molar-refractivity contribution in [1.82, 2.24) is 9.97 Å². The quantitative estimate of drug-likeness (QED) is 0.210. The van der Waals surface area contributed by atoms with E-state index < -0.39 is 0 Å². The fourth-order valence-corrected chi connectivity index (χ4v) is 5.38. The van der Waals surface area contributed by atoms with Crippen LogP contribution in [0.3, 0.4) is 0 Å². The predicted octanol–water partition coefficient (Wildman–Crippen LogP) is 8.31. The van der Waals surface area contributed by atoms with Gasteiger partial charge in [0.05, 0.1) is 13.7 Å². The molecule has 0 aliphatic carbocycles. The highest BCUT2D eigenvalue weighted by atomic mass is 32.1. The van der Waals surface area contributed by atoms with E-state index in [-0.39, 0.29) is 11.3 Å². The highest BCUT2D eigenvalue weighted by Crippen LogP contribution is 2.33. The normalized spacial score (nSPS) is 11.5. The summed E-state index contributed by atoms with van der Waals surface area (Å²) >= 11 is 1.61. The number of benzene rings is 3. The number of pyridine rings is 1. The first-order valence-electron chi connectivity index (χ1n) is 13.0. The average molecular weight is 536 g/mol. The average Bonchev–Trinajstić information content (AvgIpc) is 3.46. The minimum atomic E-state index is -0.145. The van der Waals surface area contributed by atoms with E-state index >= 15 is 0 Å². The Morgan fingerprint density at radius 3 is 2.31 bits per heavy atom. The third kappa shape index (κ3) is 6.02. The van der Waals surface area contributed by atoms with Gasteiger partial charge in [0.1, 0.15) is 16.6 Å². The number of fused-ring (bicyclic) bond motifs is 1. The smallest absolute Gasteiger partial charge is 0.229 e. The van der Waals surface area contributed by atoms with Crippen molar-refractivity contribution in [2.45, 2.75) is 40.7 Å². The Hall–Kier alpha value is -4.03. The summed E-state index contributed by atoms with van der Waals surface area (Å²) in [6.07, 6.45) is 4.03. The van der Waals surface area contributed by atoms with Crippen molar-refractivity contribution in [3.05, 3.63) is 95.6 Å². The van der Waals surface area contributed by atoms with Crippen molar-refractivity contribution in [2.75, 3.05) is 12.0 Å². The second-order valence-corrected chi connectivity index (χ2v) is 11.9. The molecule has 5 rings (SSSR count). The first kappa shape index (κ1) is 26.6. The van der Waals surface area contributed by atoms with Crippen LogP contribution in [-0.4, -0.2) is 23.0 Å². The second-order valence-electron chi connectivity index (χ2n) is 11.0. The number of anilines is 1. The van der Waals surface area contributed by atoms with Crippen molar-refractivity contribution in [3.8, 4) is 27.4 Å². The number of thiazole rings is 1. The van der Waals surface area contributed by atoms with Crippen molar-refractivity contribution < 1.29 is 9.53 Å². The number of carbonyl (C=O) groups is 1. The first-order chi connectivity index (χ1) is 18.7. The molecular weight excluding hydrogens is 502 g/mol. The van der Waals surface area contributed by atoms with Crippen molar-refractivity contribution in [1.29, 1.82) is 0 Å². The van der Waals surface area contributed by atoms with Gasteiger partial charge in [0, 0.05) is 35.1 Å². The molecule has 3 aromatic carbocycles. The highest BCUT2D eigenvalue weighted by molar-refractivity contribution is 7.13. The van der Waals surface area contributed by atoms with Gasteiger partial charge in [-0.25, -0.2) is 9.97 Å². The molecule has 0 fully saturated rings. The van der Waals surface area contributed by atoms with Crippen molar-refractivity contribution in [2.24, 2.45) is 5.41 Å². The largest absolute Gasteiger partial charge is 0.496 e. The lowest BCUT2D eigenvalue weighted by molar-refractivity contribution is -0.120. The van der Waals surface area contributed by atoms with E-state index in [1.165, 1.54) is 0 Å². The number of hydrogen-bond donors (Lipinski definition) is 0. The van der Waals surface area contributed by atoms with Crippen LogP contribution < -0.4 is 9.64 Å². The van der Waals surface area contributed by atoms with E-state index in [2.05, 4.69) is 80.4 Å². The molecule has 0 saturated carbocycles. The van der Waals surface area contributed by atoms with Gasteiger partial charge in [-0.1, -0.05) is 57.2 Å². The molecule has 198 valence electrons. The molecule has 0 N–H and O–H groups in total. The Kier molecular flexibility index (Phi) is 7.49. The maximum absolute atomic E-state index is 13.7. The SMILES string of the molecule is COc1ccc(-c2ccc(CN(C(=O)CC(C)(C)C)c3nccc4cc(-c5nccs5)ccc34)cc2)cc1C. The van der Waals surface area contributed by atoms with Crippen LogP contribution in [0.25, 0.3) is 32.5 Å². The summed E-state index contributed by atoms with van der Waals surface area (Å²) < 4.78 is 5.41. The standard InChI is InChI=1S/C33H33N3O2S/c1-22-18-25(11-13-29(22)38-5)24-8-6-23(7-9-24)21-36(30(37)20-33(2,3)4)31-28-12-10-27(32-35-16-17-39-32)19-26(28)14-15-34-31/h6-19H,20-21H2,1-5H3. The van der Waals surface area contributed by atoms with E-state index in [9.17, 15) is 4.79 Å². The minimum absolute atomic E-state index is 0.0568. The van der Waals surface area contributed by atoms with Gasteiger partial charge in [-0.2, -0.15) is 0 Å². The topological polar surface area (TPSA) is 55.3 Å². The molecule has 0 unspecified atom stereocenters. The lowest BCUT2D eigenvalue weighted by Crippen LogP contribution is -2.34. The summed E-state index contributed by atoms with van der Waals surface area (Å²) in [5.74, 6) is 1.62. The van der Waals surface area contributed by atoms with Gasteiger partial charge in [-0.3, -0.25) is 9.69 Å². The van der Waals surface area contributed by atoms with Crippen LogP contribution in [0.4, 0.5) is 5.82 Å². The molecule has 6 heteroatoms. The third-order valence-electron chi connectivity index (χ3n) is 6.68. The zero-order chi connectivity index (χ0) is 27.6. The molecule has 39 heavy (non-hydrogen) atoms. The Bertz CT molecular complexity index is 1600. The van der Waals surface area contributed by atoms with Crippen molar-refractivity contribution >= 4 is 33.8 Å². The molecule has 1 amide bonds. The molecule has 0 aliphatic heterocycles. The molecule has 2 heterocycles. The summed E-state index contributed by atoms with van der Waals surface area (Å²) in [6.45, 7) is 8.76.